The van der Waals surface area contributed by atoms with Crippen molar-refractivity contribution < 1.29 is 4.74 Å². The van der Waals surface area contributed by atoms with Crippen molar-refractivity contribution in [3.63, 3.8) is 0 Å². The van der Waals surface area contributed by atoms with Crippen molar-refractivity contribution in [2.75, 3.05) is 0 Å². The van der Waals surface area contributed by atoms with Gasteiger partial charge in [0.05, 0.1) is 6.26 Å². The first-order valence-corrected chi connectivity index (χ1v) is 3.47. The lowest BCUT2D eigenvalue weighted by atomic mass is 10.2. The molecule has 2 rings (SSSR count). The van der Waals surface area contributed by atoms with Crippen molar-refractivity contribution in [2.24, 2.45) is 0 Å². The van der Waals surface area contributed by atoms with Crippen molar-refractivity contribution in [3.05, 3.63) is 47.0 Å². The number of fused-ring (bicyclic) bond motifs is 1. The second kappa shape index (κ2) is 2.62. The maximum atomic E-state index is 4.96. The molecular weight excluding hydrogens is 136 g/mol. The molecule has 0 fully saturated rings. The zero-order chi connectivity index (χ0) is 7.52. The Kier molecular flexibility index (Phi) is 1.48. The summed E-state index contributed by atoms with van der Waals surface area (Å²) in [6.07, 6.45) is 8.27. The number of hydrogen-bond acceptors (Lipinski definition) is 1. The second-order valence-electron chi connectivity index (χ2n) is 2.30. The van der Waals surface area contributed by atoms with Crippen LogP contribution in [0.15, 0.2) is 36.6 Å². The van der Waals surface area contributed by atoms with Crippen molar-refractivity contribution in [2.45, 2.75) is 0 Å². The van der Waals surface area contributed by atoms with Gasteiger partial charge in [-0.3, -0.25) is 0 Å². The fraction of sp³-hybridized carbons (Fsp3) is 0. The van der Waals surface area contributed by atoms with Crippen LogP contribution in [0.5, 0.6) is 0 Å². The van der Waals surface area contributed by atoms with Crippen LogP contribution in [0.2, 0.25) is 0 Å². The van der Waals surface area contributed by atoms with Crippen LogP contribution in [-0.2, 0) is 4.74 Å². The van der Waals surface area contributed by atoms with Crippen LogP contribution in [0.25, 0.3) is 12.3 Å². The molecule has 1 nitrogen and oxygen atoms in total. The highest BCUT2D eigenvalue weighted by Crippen LogP contribution is 1.83. The summed E-state index contributed by atoms with van der Waals surface area (Å²) in [7, 11) is 0. The van der Waals surface area contributed by atoms with Crippen LogP contribution in [0, 0.1) is 0 Å². The quantitative estimate of drug-likeness (QED) is 0.517. The van der Waals surface area contributed by atoms with E-state index in [2.05, 4.69) is 6.26 Å². The fourth-order valence-electron chi connectivity index (χ4n) is 1.02. The maximum Gasteiger partial charge on any atom is 0.177 e. The molecule has 1 heteroatoms. The third-order valence-electron chi connectivity index (χ3n) is 1.55. The van der Waals surface area contributed by atoms with Crippen LogP contribution < -0.4 is 10.4 Å². The highest BCUT2D eigenvalue weighted by Gasteiger charge is 1.86. The molecule has 0 atom stereocenters. The topological polar surface area (TPSA) is 9.23 Å². The Balaban J connectivity index is 2.81. The van der Waals surface area contributed by atoms with Gasteiger partial charge in [-0.25, -0.2) is 0 Å². The lowest BCUT2D eigenvalue weighted by Gasteiger charge is -1.85. The average Bonchev–Trinajstić information content (AvgIpc) is 2.28. The third kappa shape index (κ3) is 1.17. The van der Waals surface area contributed by atoms with Gasteiger partial charge < -0.3 is 4.74 Å². The van der Waals surface area contributed by atoms with Crippen LogP contribution in [0.1, 0.15) is 0 Å². The molecule has 53 valence electrons. The van der Waals surface area contributed by atoms with Crippen LogP contribution in [-0.4, -0.2) is 0 Å². The summed E-state index contributed by atoms with van der Waals surface area (Å²) >= 11 is 0. The smallest absolute Gasteiger partial charge is 0.177 e. The van der Waals surface area contributed by atoms with Crippen molar-refractivity contribution in [3.8, 4) is 0 Å². The van der Waals surface area contributed by atoms with Gasteiger partial charge in [0.1, 0.15) is 0 Å². The first kappa shape index (κ1) is 6.23. The lowest BCUT2D eigenvalue weighted by Crippen LogP contribution is -2.22. The highest BCUT2D eigenvalue weighted by molar-refractivity contribution is 5.40. The van der Waals surface area contributed by atoms with Crippen LogP contribution in [0.4, 0.5) is 0 Å². The Hall–Kier alpha value is -1.50. The zero-order valence-corrected chi connectivity index (χ0v) is 5.95. The first-order chi connectivity index (χ1) is 5.47. The summed E-state index contributed by atoms with van der Waals surface area (Å²) in [4.78, 5) is 0. The van der Waals surface area contributed by atoms with Gasteiger partial charge in [-0.15, -0.1) is 0 Å². The van der Waals surface area contributed by atoms with E-state index in [1.165, 1.54) is 0 Å². The molecule has 1 aromatic rings. The van der Waals surface area contributed by atoms with E-state index in [9.17, 15) is 0 Å². The molecule has 1 heterocycles. The summed E-state index contributed by atoms with van der Waals surface area (Å²) in [5.74, 6) is 0. The average molecular weight is 143 g/mol. The molecule has 0 aliphatic carbocycles. The Morgan fingerprint density at radius 2 is 2.09 bits per heavy atom. The van der Waals surface area contributed by atoms with Gasteiger partial charge in [-0.1, -0.05) is 30.3 Å². The molecule has 0 amide bonds. The Morgan fingerprint density at radius 3 is 3.09 bits per heavy atom. The number of ether oxygens (including phenoxy) is 1. The second-order valence-corrected chi connectivity index (χ2v) is 2.30. The molecule has 1 radical (unpaired) electrons. The fourth-order valence-corrected chi connectivity index (χ4v) is 1.02. The summed E-state index contributed by atoms with van der Waals surface area (Å²) in [5, 5.41) is 2.14. The van der Waals surface area contributed by atoms with E-state index < -0.39 is 0 Å². The van der Waals surface area contributed by atoms with Crippen LogP contribution in [0.3, 0.4) is 0 Å². The van der Waals surface area contributed by atoms with Gasteiger partial charge in [0.15, 0.2) is 6.26 Å². The molecule has 0 spiro atoms. The standard InChI is InChI=1S/C10H7O/c1-2-5-10-8-11-7-3-6-9(10)4-1/h1-7H. The minimum absolute atomic E-state index is 0.998. The molecule has 1 aliphatic rings. The van der Waals surface area contributed by atoms with E-state index in [0.717, 1.165) is 10.4 Å². The largest absolute Gasteiger partial charge is 0.460 e. The van der Waals surface area contributed by atoms with E-state index in [1.807, 2.05) is 36.4 Å². The van der Waals surface area contributed by atoms with Gasteiger partial charge in [0.25, 0.3) is 0 Å². The number of allylic oxidation sites excluding steroid dienone is 1. The normalized spacial score (nSPS) is 13.5. The zero-order valence-electron chi connectivity index (χ0n) is 5.95. The summed E-state index contributed by atoms with van der Waals surface area (Å²) in [5.41, 5.74) is 0. The van der Waals surface area contributed by atoms with E-state index in [0.29, 0.717) is 0 Å². The van der Waals surface area contributed by atoms with Gasteiger partial charge in [0, 0.05) is 5.22 Å². The number of rotatable bonds is 0. The van der Waals surface area contributed by atoms with Crippen molar-refractivity contribution in [1.82, 2.24) is 0 Å². The molecule has 11 heavy (non-hydrogen) atoms. The third-order valence-corrected chi connectivity index (χ3v) is 1.55. The molecule has 1 aliphatic heterocycles. The minimum Gasteiger partial charge on any atom is -0.460 e. The molecule has 0 N–H and O–H groups in total. The molecule has 0 saturated carbocycles. The Bertz CT molecular complexity index is 388. The Morgan fingerprint density at radius 1 is 1.18 bits per heavy atom. The molecule has 0 unspecified atom stereocenters. The summed E-state index contributed by atoms with van der Waals surface area (Å²) < 4.78 is 4.96. The monoisotopic (exact) mass is 143 g/mol. The van der Waals surface area contributed by atoms with E-state index in [-0.39, 0.29) is 0 Å². The number of benzene rings is 1. The first-order valence-electron chi connectivity index (χ1n) is 3.47. The molecular formula is C10H7O. The Labute approximate surface area is 64.9 Å². The van der Waals surface area contributed by atoms with Crippen molar-refractivity contribution >= 4 is 12.3 Å². The predicted octanol–water partition coefficient (Wildman–Crippen LogP) is 0.626. The van der Waals surface area contributed by atoms with E-state index >= 15 is 0 Å². The van der Waals surface area contributed by atoms with Gasteiger partial charge in [0.2, 0.25) is 0 Å². The van der Waals surface area contributed by atoms with Gasteiger partial charge >= 0.3 is 0 Å². The molecule has 1 aromatic carbocycles. The maximum absolute atomic E-state index is 4.96. The SMILES string of the molecule is [C]1=c2ccccc2=CC=CO1. The molecule has 0 aromatic heterocycles. The van der Waals surface area contributed by atoms with Crippen LogP contribution >= 0.6 is 0 Å². The molecule has 0 bridgehead atoms. The lowest BCUT2D eigenvalue weighted by molar-refractivity contribution is 0.461. The summed E-state index contributed by atoms with van der Waals surface area (Å²) in [6.45, 7) is 0. The number of hydrogen-bond donors (Lipinski definition) is 0. The molecule has 0 saturated heterocycles. The van der Waals surface area contributed by atoms with Crippen molar-refractivity contribution in [1.29, 1.82) is 0 Å². The van der Waals surface area contributed by atoms with E-state index in [4.69, 9.17) is 4.74 Å². The highest BCUT2D eigenvalue weighted by atomic mass is 16.5. The summed E-state index contributed by atoms with van der Waals surface area (Å²) in [6, 6.07) is 7.96. The minimum atomic E-state index is 0.998. The van der Waals surface area contributed by atoms with E-state index in [1.54, 1.807) is 6.26 Å². The van der Waals surface area contributed by atoms with Gasteiger partial charge in [-0.05, 0) is 11.3 Å². The predicted molar refractivity (Wildman–Crippen MR) is 43.8 cm³/mol. The van der Waals surface area contributed by atoms with Gasteiger partial charge in [-0.2, -0.15) is 0 Å².